The number of para-hydroxylation sites is 1. The average Bonchev–Trinajstić information content (AvgIpc) is 2.70. The van der Waals surface area contributed by atoms with Crippen LogP contribution in [0.3, 0.4) is 0 Å². The lowest BCUT2D eigenvalue weighted by molar-refractivity contribution is 0.220. The number of nitrogens with two attached hydrogens (primary N) is 2. The molecule has 134 valence electrons. The van der Waals surface area contributed by atoms with Gasteiger partial charge in [0.2, 0.25) is 0 Å². The maximum absolute atomic E-state index is 10.6. The number of hydrogen-bond donors (Lipinski definition) is 3. The van der Waals surface area contributed by atoms with Gasteiger partial charge >= 0.3 is 0 Å². The van der Waals surface area contributed by atoms with Crippen LogP contribution < -0.4 is 11.5 Å². The molecule has 5 N–H and O–H groups in total. The average molecular weight is 373 g/mol. The van der Waals surface area contributed by atoms with Gasteiger partial charge in [-0.2, -0.15) is 5.26 Å². The summed E-state index contributed by atoms with van der Waals surface area (Å²) in [5, 5.41) is 20.6. The fourth-order valence-corrected chi connectivity index (χ4v) is 3.53. The fourth-order valence-electron chi connectivity index (χ4n) is 2.70. The van der Waals surface area contributed by atoms with Gasteiger partial charge in [0, 0.05) is 10.6 Å². The Balaban J connectivity index is 1.94. The molecule has 0 bridgehead atoms. The normalized spacial score (nSPS) is 12.7. The SMILES string of the molecule is N#C/C(=C(\N)Sc1ccccc1N)c1cccc(C(O)c2ccccc2)c1. The molecule has 0 aliphatic rings. The van der Waals surface area contributed by atoms with Crippen molar-refractivity contribution in [1.29, 1.82) is 5.26 Å². The summed E-state index contributed by atoms with van der Waals surface area (Å²) in [5.74, 6) is 0. The Bertz CT molecular complexity index is 1010. The van der Waals surface area contributed by atoms with Crippen molar-refractivity contribution in [3.63, 3.8) is 0 Å². The topological polar surface area (TPSA) is 96.1 Å². The van der Waals surface area contributed by atoms with Gasteiger partial charge in [0.25, 0.3) is 0 Å². The van der Waals surface area contributed by atoms with Crippen molar-refractivity contribution in [2.24, 2.45) is 5.73 Å². The van der Waals surface area contributed by atoms with E-state index in [4.69, 9.17) is 11.5 Å². The van der Waals surface area contributed by atoms with Crippen LogP contribution in [0.15, 0.2) is 88.8 Å². The van der Waals surface area contributed by atoms with Gasteiger partial charge < -0.3 is 16.6 Å². The van der Waals surface area contributed by atoms with Crippen molar-refractivity contribution in [3.05, 3.63) is 101 Å². The van der Waals surface area contributed by atoms with Crippen molar-refractivity contribution in [2.75, 3.05) is 5.73 Å². The molecule has 0 saturated carbocycles. The quantitative estimate of drug-likeness (QED) is 0.352. The third kappa shape index (κ3) is 4.32. The zero-order valence-electron chi connectivity index (χ0n) is 14.5. The van der Waals surface area contributed by atoms with Crippen molar-refractivity contribution < 1.29 is 5.11 Å². The van der Waals surface area contributed by atoms with E-state index < -0.39 is 6.10 Å². The number of anilines is 1. The second-order valence-corrected chi connectivity index (χ2v) is 7.01. The van der Waals surface area contributed by atoms with Crippen molar-refractivity contribution in [3.8, 4) is 6.07 Å². The summed E-state index contributed by atoms with van der Waals surface area (Å²) in [7, 11) is 0. The molecule has 1 atom stereocenters. The molecule has 1 unspecified atom stereocenters. The van der Waals surface area contributed by atoms with Gasteiger partial charge in [-0.1, -0.05) is 72.4 Å². The first-order chi connectivity index (χ1) is 13.1. The highest BCUT2D eigenvalue weighted by atomic mass is 32.2. The van der Waals surface area contributed by atoms with Gasteiger partial charge in [-0.05, 0) is 34.9 Å². The maximum atomic E-state index is 10.6. The van der Waals surface area contributed by atoms with Crippen LogP contribution in [0.2, 0.25) is 0 Å². The van der Waals surface area contributed by atoms with E-state index in [1.165, 1.54) is 11.8 Å². The van der Waals surface area contributed by atoms with Gasteiger partial charge in [-0.25, -0.2) is 0 Å². The standard InChI is InChI=1S/C22H19N3OS/c23-14-18(22(25)27-20-12-5-4-11-19(20)24)16-9-6-10-17(13-16)21(26)15-7-2-1-3-8-15/h1-13,21,26H,24-25H2/b22-18-. The Morgan fingerprint density at radius 2 is 1.59 bits per heavy atom. The summed E-state index contributed by atoms with van der Waals surface area (Å²) < 4.78 is 0. The number of hydrogen-bond acceptors (Lipinski definition) is 5. The molecule has 3 aromatic carbocycles. The highest BCUT2D eigenvalue weighted by molar-refractivity contribution is 8.03. The Hall–Kier alpha value is -3.20. The number of rotatable bonds is 5. The van der Waals surface area contributed by atoms with E-state index in [-0.39, 0.29) is 0 Å². The smallest absolute Gasteiger partial charge is 0.104 e. The molecule has 5 heteroatoms. The number of thioether (sulfide) groups is 1. The summed E-state index contributed by atoms with van der Waals surface area (Å²) in [6.07, 6.45) is -0.773. The van der Waals surface area contributed by atoms with E-state index in [2.05, 4.69) is 6.07 Å². The monoisotopic (exact) mass is 373 g/mol. The minimum atomic E-state index is -0.773. The lowest BCUT2D eigenvalue weighted by Crippen LogP contribution is -2.02. The molecule has 0 radical (unpaired) electrons. The Labute approximate surface area is 162 Å². The van der Waals surface area contributed by atoms with E-state index in [1.54, 1.807) is 12.1 Å². The summed E-state index contributed by atoms with van der Waals surface area (Å²) in [6, 6.07) is 26.1. The zero-order chi connectivity index (χ0) is 19.2. The highest BCUT2D eigenvalue weighted by Crippen LogP contribution is 2.33. The highest BCUT2D eigenvalue weighted by Gasteiger charge is 2.14. The molecule has 0 saturated heterocycles. The molecule has 4 nitrogen and oxygen atoms in total. The first-order valence-electron chi connectivity index (χ1n) is 8.35. The number of allylic oxidation sites excluding steroid dienone is 1. The molecular formula is C22H19N3OS. The molecule has 0 aliphatic carbocycles. The summed E-state index contributed by atoms with van der Waals surface area (Å²) >= 11 is 1.26. The molecule has 27 heavy (non-hydrogen) atoms. The minimum absolute atomic E-state index is 0.352. The van der Waals surface area contributed by atoms with E-state index in [9.17, 15) is 10.4 Å². The van der Waals surface area contributed by atoms with Crippen molar-refractivity contribution in [2.45, 2.75) is 11.0 Å². The summed E-state index contributed by atoms with van der Waals surface area (Å²) in [6.45, 7) is 0. The number of nitrogen functional groups attached to an aromatic ring is 1. The fraction of sp³-hybridized carbons (Fsp3) is 0.0455. The molecule has 0 heterocycles. The van der Waals surface area contributed by atoms with E-state index >= 15 is 0 Å². The van der Waals surface area contributed by atoms with Crippen LogP contribution in [-0.4, -0.2) is 5.11 Å². The Kier molecular flexibility index (Phi) is 5.82. The number of benzene rings is 3. The van der Waals surface area contributed by atoms with Crippen molar-refractivity contribution in [1.82, 2.24) is 0 Å². The van der Waals surface area contributed by atoms with Crippen LogP contribution in [0.5, 0.6) is 0 Å². The third-order valence-corrected chi connectivity index (χ3v) is 5.12. The number of nitriles is 1. The molecule has 3 aromatic rings. The predicted octanol–water partition coefficient (Wildman–Crippen LogP) is 4.29. The number of nitrogens with zero attached hydrogens (tertiary/aromatic N) is 1. The van der Waals surface area contributed by atoms with Crippen LogP contribution in [0, 0.1) is 11.3 Å². The lowest BCUT2D eigenvalue weighted by Gasteiger charge is -2.13. The minimum Gasteiger partial charge on any atom is -0.398 e. The van der Waals surface area contributed by atoms with Gasteiger partial charge in [-0.15, -0.1) is 0 Å². The van der Waals surface area contributed by atoms with Gasteiger partial charge in [-0.3, -0.25) is 0 Å². The van der Waals surface area contributed by atoms with Crippen LogP contribution in [0.1, 0.15) is 22.8 Å². The molecule has 0 fully saturated rings. The van der Waals surface area contributed by atoms with Gasteiger partial charge in [0.15, 0.2) is 0 Å². The van der Waals surface area contributed by atoms with E-state index in [1.807, 2.05) is 66.7 Å². The second-order valence-electron chi connectivity index (χ2n) is 5.93. The number of aliphatic hydroxyl groups is 1. The van der Waals surface area contributed by atoms with Gasteiger partial charge in [0.1, 0.15) is 12.2 Å². The molecule has 3 rings (SSSR count). The van der Waals surface area contributed by atoms with Crippen LogP contribution in [0.25, 0.3) is 5.57 Å². The van der Waals surface area contributed by atoms with Gasteiger partial charge in [0.05, 0.1) is 10.6 Å². The van der Waals surface area contributed by atoms with Crippen molar-refractivity contribution >= 4 is 23.0 Å². The zero-order valence-corrected chi connectivity index (χ0v) is 15.4. The molecule has 0 aromatic heterocycles. The predicted molar refractivity (Wildman–Crippen MR) is 110 cm³/mol. The summed E-state index contributed by atoms with van der Waals surface area (Å²) in [5.41, 5.74) is 15.3. The largest absolute Gasteiger partial charge is 0.398 e. The Morgan fingerprint density at radius 1 is 0.926 bits per heavy atom. The Morgan fingerprint density at radius 3 is 2.30 bits per heavy atom. The van der Waals surface area contributed by atoms with E-state index in [0.717, 1.165) is 10.5 Å². The maximum Gasteiger partial charge on any atom is 0.104 e. The third-order valence-electron chi connectivity index (χ3n) is 4.10. The van der Waals surface area contributed by atoms with Crippen LogP contribution in [-0.2, 0) is 0 Å². The lowest BCUT2D eigenvalue weighted by atomic mass is 9.98. The van der Waals surface area contributed by atoms with E-state index in [0.29, 0.717) is 27.4 Å². The first kappa shape index (κ1) is 18.6. The van der Waals surface area contributed by atoms with Crippen LogP contribution >= 0.6 is 11.8 Å². The molecule has 0 spiro atoms. The first-order valence-corrected chi connectivity index (χ1v) is 9.17. The molecule has 0 amide bonds. The second kappa shape index (κ2) is 8.45. The molecule has 0 aliphatic heterocycles. The molecular weight excluding hydrogens is 354 g/mol. The van der Waals surface area contributed by atoms with Crippen LogP contribution in [0.4, 0.5) is 5.69 Å². The number of aliphatic hydroxyl groups excluding tert-OH is 1. The summed E-state index contributed by atoms with van der Waals surface area (Å²) in [4.78, 5) is 0.795.